The van der Waals surface area contributed by atoms with Crippen molar-refractivity contribution in [3.63, 3.8) is 0 Å². The minimum absolute atomic E-state index is 0. The molecule has 1 atom stereocenters. The fraction of sp³-hybridized carbons (Fsp3) is 0.909. The van der Waals surface area contributed by atoms with Crippen LogP contribution in [0.25, 0.3) is 0 Å². The molecule has 0 fully saturated rings. The summed E-state index contributed by atoms with van der Waals surface area (Å²) in [4.78, 5) is 0. The third-order valence-corrected chi connectivity index (χ3v) is 6.54. The van der Waals surface area contributed by atoms with Gasteiger partial charge in [-0.15, -0.1) is 0 Å². The quantitative estimate of drug-likeness (QED) is 0.0903. The van der Waals surface area contributed by atoms with Gasteiger partial charge in [0.15, 0.2) is 0 Å². The molecule has 8 heteroatoms. The molecule has 0 bridgehead atoms. The summed E-state index contributed by atoms with van der Waals surface area (Å²) in [7, 11) is -1.67. The van der Waals surface area contributed by atoms with E-state index in [0.29, 0.717) is 13.2 Å². The second-order valence-electron chi connectivity index (χ2n) is 7.62. The van der Waals surface area contributed by atoms with Gasteiger partial charge in [0, 0.05) is 6.54 Å². The van der Waals surface area contributed by atoms with Crippen molar-refractivity contribution in [2.75, 3.05) is 20.2 Å². The molecule has 1 N–H and O–H groups in total. The molecule has 0 spiro atoms. The monoisotopic (exact) mass is 475 g/mol. The van der Waals surface area contributed by atoms with Gasteiger partial charge in [-0.1, -0.05) is 76.9 Å². The molecule has 0 radical (unpaired) electrons. The van der Waals surface area contributed by atoms with Crippen molar-refractivity contribution in [2.45, 2.75) is 109 Å². The van der Waals surface area contributed by atoms with Gasteiger partial charge in [0.1, 0.15) is 0 Å². The van der Waals surface area contributed by atoms with Crippen LogP contribution in [0.4, 0.5) is 0 Å². The average molecular weight is 476 g/mol. The zero-order chi connectivity index (χ0) is 20.2. The molecule has 1 unspecified atom stereocenters. The minimum Gasteiger partial charge on any atom is -1.00 e. The Balaban J connectivity index is -0.000000225. The topological polar surface area (TPSA) is 55.4 Å². The molecular formula is C22H48NNa3O3S. The number of allylic oxidation sites excluding steroid dienone is 2. The van der Waals surface area contributed by atoms with E-state index in [4.69, 9.17) is 4.18 Å². The summed E-state index contributed by atoms with van der Waals surface area (Å²) in [6.07, 6.45) is 22.1. The zero-order valence-corrected chi connectivity index (χ0v) is 28.0. The fourth-order valence-electron chi connectivity index (χ4n) is 3.03. The first-order valence-electron chi connectivity index (χ1n) is 11.2. The van der Waals surface area contributed by atoms with Gasteiger partial charge < -0.3 is 9.60 Å². The van der Waals surface area contributed by atoms with Crippen molar-refractivity contribution >= 4 is 10.1 Å². The number of unbranched alkanes of at least 4 members (excludes halogenated alkanes) is 12. The van der Waals surface area contributed by atoms with E-state index in [1.807, 2.05) is 0 Å². The molecule has 30 heavy (non-hydrogen) atoms. The first kappa shape index (κ1) is 39.8. The van der Waals surface area contributed by atoms with Gasteiger partial charge >= 0.3 is 88.7 Å². The van der Waals surface area contributed by atoms with Crippen LogP contribution in [0.1, 0.15) is 108 Å². The molecule has 0 aliphatic heterocycles. The van der Waals surface area contributed by atoms with Gasteiger partial charge in [-0.25, -0.2) is 0 Å². The first-order chi connectivity index (χ1) is 13.0. The Morgan fingerprint density at radius 1 is 0.800 bits per heavy atom. The van der Waals surface area contributed by atoms with Gasteiger partial charge in [-0.2, -0.15) is 8.42 Å². The minimum atomic E-state index is -3.41. The molecule has 0 heterocycles. The normalized spacial score (nSPS) is 12.1. The molecular weight excluding hydrogens is 427 g/mol. The van der Waals surface area contributed by atoms with Crippen LogP contribution in [0.3, 0.4) is 0 Å². The van der Waals surface area contributed by atoms with Crippen LogP contribution < -0.4 is 94.0 Å². The van der Waals surface area contributed by atoms with E-state index in [1.165, 1.54) is 70.6 Å². The number of hydrogen-bond donors (Lipinski definition) is 1. The Hall–Kier alpha value is 2.61. The Labute approximate surface area is 259 Å². The Kier molecular flexibility index (Phi) is 39.3. The maximum absolute atomic E-state index is 11.8. The molecule has 0 rings (SSSR count). The van der Waals surface area contributed by atoms with Crippen LogP contribution in [-0.4, -0.2) is 33.9 Å². The van der Waals surface area contributed by atoms with E-state index in [9.17, 15) is 8.42 Å². The van der Waals surface area contributed by atoms with Crippen LogP contribution in [0.5, 0.6) is 0 Å². The predicted molar refractivity (Wildman–Crippen MR) is 121 cm³/mol. The van der Waals surface area contributed by atoms with Crippen molar-refractivity contribution in [2.24, 2.45) is 0 Å². The van der Waals surface area contributed by atoms with E-state index < -0.39 is 15.4 Å². The van der Waals surface area contributed by atoms with Gasteiger partial charge in [-0.05, 0) is 46.1 Å². The molecule has 0 saturated carbocycles. The van der Waals surface area contributed by atoms with E-state index in [-0.39, 0.29) is 93.0 Å². The second-order valence-corrected chi connectivity index (χ2v) is 9.65. The summed E-state index contributed by atoms with van der Waals surface area (Å²) < 4.78 is 28.7. The molecule has 4 nitrogen and oxygen atoms in total. The first-order valence-corrected chi connectivity index (χ1v) is 12.7. The smallest absolute Gasteiger partial charge is 1.00 e. The molecule has 0 amide bonds. The Morgan fingerprint density at radius 3 is 1.70 bits per heavy atom. The maximum Gasteiger partial charge on any atom is 1.00 e. The van der Waals surface area contributed by atoms with E-state index in [1.54, 1.807) is 14.0 Å². The third kappa shape index (κ3) is 26.9. The summed E-state index contributed by atoms with van der Waals surface area (Å²) in [6, 6.07) is 0. The number of rotatable bonds is 20. The summed E-state index contributed by atoms with van der Waals surface area (Å²) >= 11 is 0. The average Bonchev–Trinajstić information content (AvgIpc) is 2.64. The molecule has 0 aromatic heterocycles. The fourth-order valence-corrected chi connectivity index (χ4v) is 3.98. The predicted octanol–water partition coefficient (Wildman–Crippen LogP) is -2.67. The van der Waals surface area contributed by atoms with Crippen LogP contribution in [0, 0.1) is 0 Å². The number of nitrogens with one attached hydrogen (secondary N) is 1. The van der Waals surface area contributed by atoms with E-state index >= 15 is 0 Å². The Bertz CT molecular complexity index is 463. The van der Waals surface area contributed by atoms with E-state index in [0.717, 1.165) is 19.3 Å². The number of hydrogen-bond acceptors (Lipinski definition) is 4. The largest absolute Gasteiger partial charge is 1.00 e. The van der Waals surface area contributed by atoms with Crippen molar-refractivity contribution in [1.82, 2.24) is 5.32 Å². The van der Waals surface area contributed by atoms with Crippen molar-refractivity contribution in [3.8, 4) is 0 Å². The van der Waals surface area contributed by atoms with Crippen molar-refractivity contribution in [3.05, 3.63) is 12.2 Å². The van der Waals surface area contributed by atoms with Gasteiger partial charge in [0.05, 0.1) is 11.9 Å². The summed E-state index contributed by atoms with van der Waals surface area (Å²) in [6.45, 7) is 4.68. The van der Waals surface area contributed by atoms with Crippen LogP contribution >= 0.6 is 0 Å². The summed E-state index contributed by atoms with van der Waals surface area (Å²) in [5.41, 5.74) is 0. The van der Waals surface area contributed by atoms with Crippen molar-refractivity contribution in [1.29, 1.82) is 0 Å². The SMILES string of the molecule is CCCCCCCC/C=C\CCCCCCCCOS(=O)(=O)C(C)CNC.[H-].[H-].[H-].[Na+].[Na+].[Na+]. The summed E-state index contributed by atoms with van der Waals surface area (Å²) in [5.74, 6) is 0. The standard InChI is InChI=1S/C22H45NO3S.3Na.3H/c1-4-5-6-7-8-9-10-11-12-13-14-15-16-17-18-19-20-26-27(24,25)22(2)21-23-3;;;;;;/h11-12,22-23H,4-10,13-21H2,1-3H3;;;;;;/q;3*+1;3*-1/b12-11-;;;;;;. The van der Waals surface area contributed by atoms with Crippen LogP contribution in [-0.2, 0) is 14.3 Å². The molecule has 0 aliphatic rings. The maximum atomic E-state index is 11.8. The van der Waals surface area contributed by atoms with E-state index in [2.05, 4.69) is 24.4 Å². The van der Waals surface area contributed by atoms with Crippen LogP contribution in [0.2, 0.25) is 0 Å². The van der Waals surface area contributed by atoms with Crippen LogP contribution in [0.15, 0.2) is 12.2 Å². The van der Waals surface area contributed by atoms with Crippen molar-refractivity contribution < 1.29 is 106 Å². The zero-order valence-electron chi connectivity index (χ0n) is 24.2. The molecule has 168 valence electrons. The van der Waals surface area contributed by atoms with Gasteiger partial charge in [-0.3, -0.25) is 4.18 Å². The second kappa shape index (κ2) is 29.6. The molecule has 0 aliphatic carbocycles. The Morgan fingerprint density at radius 2 is 1.23 bits per heavy atom. The summed E-state index contributed by atoms with van der Waals surface area (Å²) in [5, 5.41) is 2.38. The van der Waals surface area contributed by atoms with Gasteiger partial charge in [0.2, 0.25) is 0 Å². The molecule has 0 aromatic carbocycles. The van der Waals surface area contributed by atoms with Gasteiger partial charge in [0.25, 0.3) is 10.1 Å². The third-order valence-electron chi connectivity index (χ3n) is 4.89. The molecule has 0 aromatic rings. The molecule has 0 saturated heterocycles.